The first kappa shape index (κ1) is 24.6. The smallest absolute Gasteiger partial charge is 0.282 e. The van der Waals surface area contributed by atoms with Crippen LogP contribution in [0.2, 0.25) is 0 Å². The molecule has 0 aliphatic rings. The lowest BCUT2D eigenvalue weighted by molar-refractivity contribution is -0.116. The molecule has 5 aromatic rings. The molecule has 3 aromatic carbocycles. The van der Waals surface area contributed by atoms with Crippen LogP contribution in [0.15, 0.2) is 87.3 Å². The Morgan fingerprint density at radius 1 is 1.08 bits per heavy atom. The van der Waals surface area contributed by atoms with Crippen molar-refractivity contribution in [3.8, 4) is 0 Å². The van der Waals surface area contributed by atoms with Gasteiger partial charge in [-0.2, -0.15) is 9.78 Å². The molecule has 7 nitrogen and oxygen atoms in total. The lowest BCUT2D eigenvalue weighted by Crippen LogP contribution is -2.23. The molecule has 5 rings (SSSR count). The Balaban J connectivity index is 1.51. The predicted octanol–water partition coefficient (Wildman–Crippen LogP) is 6.07. The molecule has 186 valence electrons. The van der Waals surface area contributed by atoms with E-state index in [1.807, 2.05) is 92.2 Å². The van der Waals surface area contributed by atoms with Gasteiger partial charge in [-0.1, -0.05) is 65.7 Å². The summed E-state index contributed by atoms with van der Waals surface area (Å²) in [5.41, 5.74) is 4.00. The molecule has 2 heterocycles. The van der Waals surface area contributed by atoms with Gasteiger partial charge in [-0.15, -0.1) is 0 Å². The Morgan fingerprint density at radius 2 is 1.84 bits per heavy atom. The topological polar surface area (TPSA) is 81.3 Å². The van der Waals surface area contributed by atoms with Gasteiger partial charge in [0.05, 0.1) is 17.1 Å². The van der Waals surface area contributed by atoms with Gasteiger partial charge in [0.15, 0.2) is 0 Å². The molecule has 0 aliphatic carbocycles. The van der Waals surface area contributed by atoms with E-state index < -0.39 is 0 Å². The van der Waals surface area contributed by atoms with Crippen LogP contribution in [0.3, 0.4) is 0 Å². The zero-order valence-corrected chi connectivity index (χ0v) is 22.4. The highest BCUT2D eigenvalue weighted by atomic mass is 79.9. The first-order valence-electron chi connectivity index (χ1n) is 12.0. The van der Waals surface area contributed by atoms with E-state index in [0.29, 0.717) is 16.7 Å². The minimum atomic E-state index is -0.229. The largest absolute Gasteiger partial charge is 0.337 e. The molecule has 0 radical (unpaired) electrons. The van der Waals surface area contributed by atoms with Crippen molar-refractivity contribution in [2.75, 3.05) is 5.32 Å². The minimum Gasteiger partial charge on any atom is -0.337 e. The van der Waals surface area contributed by atoms with E-state index in [9.17, 15) is 9.59 Å². The molecular formula is C29H26BrN5O2. The standard InChI is InChI=1S/C29H26BrN5O2/c1-18(2)28-33-25-13-10-21(30)14-24(25)29(37)35(28)31-15-20-16-34(26-7-5-4-6-23(20)26)17-27(36)32-22-11-8-19(3)9-12-22/h4-16,18H,17H2,1-3H3,(H,32,36). The summed E-state index contributed by atoms with van der Waals surface area (Å²) in [6.07, 6.45) is 3.55. The molecule has 2 aromatic heterocycles. The average Bonchev–Trinajstić information content (AvgIpc) is 3.22. The Kier molecular flexibility index (Phi) is 6.76. The molecule has 0 atom stereocenters. The predicted molar refractivity (Wildman–Crippen MR) is 153 cm³/mol. The summed E-state index contributed by atoms with van der Waals surface area (Å²) in [6, 6.07) is 21.0. The number of nitrogens with one attached hydrogen (secondary N) is 1. The van der Waals surface area contributed by atoms with E-state index in [4.69, 9.17) is 4.98 Å². The van der Waals surface area contributed by atoms with Crippen molar-refractivity contribution in [3.05, 3.63) is 105 Å². The van der Waals surface area contributed by atoms with Crippen LogP contribution in [-0.4, -0.2) is 26.3 Å². The van der Waals surface area contributed by atoms with Crippen molar-refractivity contribution in [3.63, 3.8) is 0 Å². The van der Waals surface area contributed by atoms with Gasteiger partial charge in [-0.25, -0.2) is 4.98 Å². The summed E-state index contributed by atoms with van der Waals surface area (Å²) in [5.74, 6) is 0.442. The number of hydrogen-bond acceptors (Lipinski definition) is 4. The number of aromatic nitrogens is 3. The molecule has 0 aliphatic heterocycles. The Labute approximate surface area is 222 Å². The SMILES string of the molecule is Cc1ccc(NC(=O)Cn2cc(C=Nn3c(C(C)C)nc4ccc(Br)cc4c3=O)c3ccccc32)cc1. The molecule has 0 saturated heterocycles. The summed E-state index contributed by atoms with van der Waals surface area (Å²) >= 11 is 3.44. The Hall–Kier alpha value is -4.04. The van der Waals surface area contributed by atoms with Gasteiger partial charge in [-0.3, -0.25) is 9.59 Å². The fourth-order valence-electron chi connectivity index (χ4n) is 4.27. The number of aryl methyl sites for hydroxylation is 1. The summed E-state index contributed by atoms with van der Waals surface area (Å²) < 4.78 is 4.07. The third-order valence-electron chi connectivity index (χ3n) is 6.13. The van der Waals surface area contributed by atoms with E-state index in [1.165, 1.54) is 4.68 Å². The van der Waals surface area contributed by atoms with Crippen LogP contribution in [0.4, 0.5) is 5.69 Å². The molecule has 0 spiro atoms. The van der Waals surface area contributed by atoms with Gasteiger partial charge in [0, 0.05) is 38.7 Å². The van der Waals surface area contributed by atoms with Crippen molar-refractivity contribution < 1.29 is 4.79 Å². The number of nitrogens with zero attached hydrogens (tertiary/aromatic N) is 4. The van der Waals surface area contributed by atoms with Crippen molar-refractivity contribution in [2.45, 2.75) is 33.2 Å². The summed E-state index contributed by atoms with van der Waals surface area (Å²) in [5, 5.41) is 8.96. The zero-order chi connectivity index (χ0) is 26.1. The van der Waals surface area contributed by atoms with Crippen LogP contribution in [-0.2, 0) is 11.3 Å². The van der Waals surface area contributed by atoms with Crippen LogP contribution >= 0.6 is 15.9 Å². The molecule has 0 unspecified atom stereocenters. The van der Waals surface area contributed by atoms with Crippen LogP contribution in [0.25, 0.3) is 21.8 Å². The maximum Gasteiger partial charge on any atom is 0.282 e. The highest BCUT2D eigenvalue weighted by Gasteiger charge is 2.15. The van der Waals surface area contributed by atoms with E-state index in [1.54, 1.807) is 12.3 Å². The number of carbonyl (C=O) groups excluding carboxylic acids is 1. The van der Waals surface area contributed by atoms with E-state index in [2.05, 4.69) is 26.3 Å². The maximum atomic E-state index is 13.4. The average molecular weight is 556 g/mol. The van der Waals surface area contributed by atoms with Crippen molar-refractivity contribution in [1.82, 2.24) is 14.2 Å². The molecule has 1 amide bonds. The van der Waals surface area contributed by atoms with Gasteiger partial charge in [0.2, 0.25) is 5.91 Å². The lowest BCUT2D eigenvalue weighted by atomic mass is 10.2. The number of carbonyl (C=O) groups is 1. The van der Waals surface area contributed by atoms with Gasteiger partial charge >= 0.3 is 0 Å². The first-order valence-corrected chi connectivity index (χ1v) is 12.8. The third-order valence-corrected chi connectivity index (χ3v) is 6.62. The third kappa shape index (κ3) is 5.11. The second kappa shape index (κ2) is 10.1. The highest BCUT2D eigenvalue weighted by molar-refractivity contribution is 9.10. The lowest BCUT2D eigenvalue weighted by Gasteiger charge is -2.11. The van der Waals surface area contributed by atoms with E-state index in [0.717, 1.165) is 32.2 Å². The fraction of sp³-hybridized carbons (Fsp3) is 0.172. The fourth-order valence-corrected chi connectivity index (χ4v) is 4.63. The van der Waals surface area contributed by atoms with Gasteiger partial charge in [0.1, 0.15) is 12.4 Å². The van der Waals surface area contributed by atoms with Gasteiger partial charge < -0.3 is 9.88 Å². The molecule has 0 fully saturated rings. The monoisotopic (exact) mass is 555 g/mol. The van der Waals surface area contributed by atoms with Crippen molar-refractivity contribution in [1.29, 1.82) is 0 Å². The maximum absolute atomic E-state index is 13.4. The second-order valence-corrected chi connectivity index (χ2v) is 10.2. The number of rotatable bonds is 6. The van der Waals surface area contributed by atoms with Gasteiger partial charge in [-0.05, 0) is 43.3 Å². The molecule has 1 N–H and O–H groups in total. The van der Waals surface area contributed by atoms with Crippen LogP contribution in [0, 0.1) is 6.92 Å². The number of fused-ring (bicyclic) bond motifs is 2. The van der Waals surface area contributed by atoms with Crippen molar-refractivity contribution in [2.24, 2.45) is 5.10 Å². The Bertz CT molecular complexity index is 1720. The summed E-state index contributed by atoms with van der Waals surface area (Å²) in [4.78, 5) is 30.9. The van der Waals surface area contributed by atoms with E-state index in [-0.39, 0.29) is 23.9 Å². The Morgan fingerprint density at radius 3 is 2.59 bits per heavy atom. The van der Waals surface area contributed by atoms with Crippen LogP contribution < -0.4 is 10.9 Å². The molecule has 8 heteroatoms. The molecular weight excluding hydrogens is 530 g/mol. The normalized spacial score (nSPS) is 11.7. The number of halogens is 1. The van der Waals surface area contributed by atoms with E-state index >= 15 is 0 Å². The first-order chi connectivity index (χ1) is 17.8. The van der Waals surface area contributed by atoms with Crippen molar-refractivity contribution >= 4 is 55.5 Å². The minimum absolute atomic E-state index is 0.00953. The zero-order valence-electron chi connectivity index (χ0n) is 20.8. The second-order valence-electron chi connectivity index (χ2n) is 9.29. The summed E-state index contributed by atoms with van der Waals surface area (Å²) in [7, 11) is 0. The number of amides is 1. The number of para-hydroxylation sites is 1. The van der Waals surface area contributed by atoms with Crippen LogP contribution in [0.1, 0.15) is 36.7 Å². The number of anilines is 1. The molecule has 0 bridgehead atoms. The molecule has 37 heavy (non-hydrogen) atoms. The van der Waals surface area contributed by atoms with Gasteiger partial charge in [0.25, 0.3) is 5.56 Å². The molecule has 0 saturated carbocycles. The number of hydrogen-bond donors (Lipinski definition) is 1. The highest BCUT2D eigenvalue weighted by Crippen LogP contribution is 2.22. The quantitative estimate of drug-likeness (QED) is 0.258. The summed E-state index contributed by atoms with van der Waals surface area (Å²) in [6.45, 7) is 6.12. The van der Waals surface area contributed by atoms with Crippen LogP contribution in [0.5, 0.6) is 0 Å². The number of benzene rings is 3.